The van der Waals surface area contributed by atoms with Crippen LogP contribution in [0.25, 0.3) is 0 Å². The summed E-state index contributed by atoms with van der Waals surface area (Å²) in [4.78, 5) is 23.3. The van der Waals surface area contributed by atoms with Crippen molar-refractivity contribution in [3.05, 3.63) is 58.2 Å². The normalized spacial score (nSPS) is 17.2. The number of hydrogen-bond donors (Lipinski definition) is 2. The second kappa shape index (κ2) is 12.1. The highest BCUT2D eigenvalue weighted by molar-refractivity contribution is 7.92. The van der Waals surface area contributed by atoms with E-state index in [1.165, 1.54) is 17.3 Å². The van der Waals surface area contributed by atoms with Gasteiger partial charge in [0.2, 0.25) is 11.9 Å². The van der Waals surface area contributed by atoms with Gasteiger partial charge < -0.3 is 20.3 Å². The lowest BCUT2D eigenvalue weighted by molar-refractivity contribution is -0.131. The van der Waals surface area contributed by atoms with E-state index in [2.05, 4.69) is 40.5 Å². The first-order valence-electron chi connectivity index (χ1n) is 14.5. The summed E-state index contributed by atoms with van der Waals surface area (Å²) in [6, 6.07) is 8.78. The zero-order chi connectivity index (χ0) is 30.2. The van der Waals surface area contributed by atoms with Crippen LogP contribution in [0.5, 0.6) is 5.75 Å². The lowest BCUT2D eigenvalue weighted by Crippen LogP contribution is -2.37. The van der Waals surface area contributed by atoms with Gasteiger partial charge >= 0.3 is 0 Å². The van der Waals surface area contributed by atoms with Crippen molar-refractivity contribution in [3.8, 4) is 5.75 Å². The average molecular weight is 612 g/mol. The van der Waals surface area contributed by atoms with Crippen molar-refractivity contribution in [2.75, 3.05) is 23.7 Å². The lowest BCUT2D eigenvalue weighted by Gasteiger charge is -2.33. The summed E-state index contributed by atoms with van der Waals surface area (Å²) in [7, 11) is -3.54. The molecule has 3 heterocycles. The molecule has 1 aromatic heterocycles. The molecule has 1 atom stereocenters. The van der Waals surface area contributed by atoms with Gasteiger partial charge in [-0.25, -0.2) is 13.4 Å². The molecule has 0 bridgehead atoms. The molecule has 3 aromatic rings. The van der Waals surface area contributed by atoms with Gasteiger partial charge in [-0.2, -0.15) is 4.98 Å². The molecule has 1 fully saturated rings. The minimum Gasteiger partial charge on any atom is -0.488 e. The minimum absolute atomic E-state index is 0.0330. The van der Waals surface area contributed by atoms with Crippen molar-refractivity contribution in [2.45, 2.75) is 82.5 Å². The summed E-state index contributed by atoms with van der Waals surface area (Å²) in [6.07, 6.45) is 4.73. The van der Waals surface area contributed by atoms with E-state index < -0.39 is 15.1 Å². The number of para-hydroxylation sites is 1. The molecule has 0 aliphatic carbocycles. The Bertz CT molecular complexity index is 1600. The molecule has 2 aliphatic heterocycles. The summed E-state index contributed by atoms with van der Waals surface area (Å²) >= 11 is 6.45. The molecule has 5 rings (SSSR count). The lowest BCUT2D eigenvalue weighted by atomic mass is 9.82. The van der Waals surface area contributed by atoms with E-state index in [1.807, 2.05) is 11.8 Å². The number of carbonyl (C=O) groups is 1. The Kier molecular flexibility index (Phi) is 8.66. The third-order valence-electron chi connectivity index (χ3n) is 8.06. The van der Waals surface area contributed by atoms with E-state index in [0.29, 0.717) is 24.0 Å². The smallest absolute Gasteiger partial charge is 0.229 e. The number of nitrogens with zero attached hydrogens (tertiary/aromatic N) is 3. The van der Waals surface area contributed by atoms with Crippen molar-refractivity contribution >= 4 is 50.5 Å². The van der Waals surface area contributed by atoms with E-state index in [4.69, 9.17) is 16.3 Å². The maximum Gasteiger partial charge on any atom is 0.229 e. The van der Waals surface area contributed by atoms with Crippen LogP contribution in [0, 0.1) is 6.92 Å². The molecule has 42 heavy (non-hydrogen) atoms. The van der Waals surface area contributed by atoms with Gasteiger partial charge in [-0.3, -0.25) is 4.79 Å². The highest BCUT2D eigenvalue weighted by Crippen LogP contribution is 2.46. The van der Waals surface area contributed by atoms with Crippen LogP contribution in [0.3, 0.4) is 0 Å². The van der Waals surface area contributed by atoms with Gasteiger partial charge in [-0.1, -0.05) is 30.7 Å². The topological polar surface area (TPSA) is 114 Å². The fourth-order valence-electron chi connectivity index (χ4n) is 5.89. The van der Waals surface area contributed by atoms with Crippen molar-refractivity contribution in [3.63, 3.8) is 0 Å². The van der Waals surface area contributed by atoms with Crippen molar-refractivity contribution in [1.82, 2.24) is 14.9 Å². The second-order valence-electron chi connectivity index (χ2n) is 11.3. The Hall–Kier alpha value is -3.37. The number of likely N-dealkylation sites (tertiary alicyclic amines) is 1. The number of nitrogens with one attached hydrogen (secondary N) is 2. The van der Waals surface area contributed by atoms with Crippen LogP contribution in [0.15, 0.2) is 41.4 Å². The second-order valence-corrected chi connectivity index (χ2v) is 14.2. The Morgan fingerprint density at radius 1 is 1.17 bits per heavy atom. The molecule has 0 saturated carbocycles. The van der Waals surface area contributed by atoms with Gasteiger partial charge in [0.05, 0.1) is 27.7 Å². The summed E-state index contributed by atoms with van der Waals surface area (Å²) < 4.78 is 32.2. The van der Waals surface area contributed by atoms with E-state index in [-0.39, 0.29) is 27.7 Å². The van der Waals surface area contributed by atoms with E-state index >= 15 is 0 Å². The number of amides is 1. The van der Waals surface area contributed by atoms with Crippen molar-refractivity contribution in [1.29, 1.82) is 0 Å². The fraction of sp³-hybridized carbons (Fsp3) is 0.452. The van der Waals surface area contributed by atoms with Gasteiger partial charge in [0.1, 0.15) is 16.9 Å². The summed E-state index contributed by atoms with van der Waals surface area (Å²) in [6.45, 7) is 10.9. The molecule has 1 saturated heterocycles. The first kappa shape index (κ1) is 30.1. The van der Waals surface area contributed by atoms with Crippen LogP contribution >= 0.6 is 11.6 Å². The standard InChI is InChI=1S/C31H38ClN5O4S/c1-6-27(38)37-13-11-21(12-14-37)28-19(4)15-25(29-22(28)16-20(5)41-29)35-31-33-17-23(32)30(36-31)34-24-9-7-8-10-26(24)42(39,40)18(2)3/h7-10,15,17-18,20-21H,6,11-14,16H2,1-5H3,(H2,33,34,35,36)/t20-/m1/s1. The van der Waals surface area contributed by atoms with E-state index in [9.17, 15) is 13.2 Å². The quantitative estimate of drug-likeness (QED) is 0.295. The number of anilines is 4. The van der Waals surface area contributed by atoms with Gasteiger partial charge in [-0.05, 0) is 75.8 Å². The molecule has 0 unspecified atom stereocenters. The summed E-state index contributed by atoms with van der Waals surface area (Å²) in [5, 5.41) is 6.10. The third kappa shape index (κ3) is 5.92. The number of fused-ring (bicyclic) bond motifs is 1. The Morgan fingerprint density at radius 2 is 1.88 bits per heavy atom. The number of piperidine rings is 1. The average Bonchev–Trinajstić information content (AvgIpc) is 3.36. The van der Waals surface area contributed by atoms with Gasteiger partial charge in [0.15, 0.2) is 15.7 Å². The molecule has 0 spiro atoms. The zero-order valence-corrected chi connectivity index (χ0v) is 26.3. The molecule has 2 N–H and O–H groups in total. The Labute approximate surface area is 253 Å². The molecule has 1 amide bonds. The van der Waals surface area contributed by atoms with Crippen LogP contribution in [0.1, 0.15) is 69.6 Å². The van der Waals surface area contributed by atoms with E-state index in [0.717, 1.165) is 49.4 Å². The number of rotatable bonds is 8. The van der Waals surface area contributed by atoms with Crippen LogP contribution in [0.2, 0.25) is 5.02 Å². The van der Waals surface area contributed by atoms with Crippen molar-refractivity contribution < 1.29 is 17.9 Å². The number of hydrogen-bond acceptors (Lipinski definition) is 8. The number of aromatic nitrogens is 2. The molecule has 224 valence electrons. The number of ether oxygens (including phenoxy) is 1. The van der Waals surface area contributed by atoms with Crippen molar-refractivity contribution in [2.24, 2.45) is 0 Å². The van der Waals surface area contributed by atoms with Crippen LogP contribution < -0.4 is 15.4 Å². The monoisotopic (exact) mass is 611 g/mol. The van der Waals surface area contributed by atoms with Gasteiger partial charge in [0.25, 0.3) is 0 Å². The first-order chi connectivity index (χ1) is 20.0. The maximum absolute atomic E-state index is 13.0. The highest BCUT2D eigenvalue weighted by Gasteiger charge is 2.32. The molecular formula is C31H38ClN5O4S. The van der Waals surface area contributed by atoms with Gasteiger partial charge in [0, 0.05) is 31.5 Å². The zero-order valence-electron chi connectivity index (χ0n) is 24.7. The van der Waals surface area contributed by atoms with Crippen LogP contribution in [-0.4, -0.2) is 53.6 Å². The highest BCUT2D eigenvalue weighted by atomic mass is 35.5. The number of benzene rings is 2. The third-order valence-corrected chi connectivity index (χ3v) is 10.5. The van der Waals surface area contributed by atoms with E-state index in [1.54, 1.807) is 38.1 Å². The number of sulfone groups is 1. The van der Waals surface area contributed by atoms with Gasteiger partial charge in [-0.15, -0.1) is 0 Å². The molecule has 2 aliphatic rings. The summed E-state index contributed by atoms with van der Waals surface area (Å²) in [5.74, 6) is 1.97. The first-order valence-corrected chi connectivity index (χ1v) is 16.4. The SMILES string of the molecule is CCC(=O)N1CCC(c2c(C)cc(Nc3ncc(Cl)c(Nc4ccccc4S(=O)(=O)C(C)C)n3)c3c2C[C@@H](C)O3)CC1. The van der Waals surface area contributed by atoms with Crippen LogP contribution in [-0.2, 0) is 21.1 Å². The molecule has 9 nitrogen and oxygen atoms in total. The summed E-state index contributed by atoms with van der Waals surface area (Å²) in [5.41, 5.74) is 4.85. The maximum atomic E-state index is 13.0. The Balaban J connectivity index is 1.43. The van der Waals surface area contributed by atoms with Crippen LogP contribution in [0.4, 0.5) is 23.1 Å². The fourth-order valence-corrected chi connectivity index (χ4v) is 7.23. The predicted molar refractivity (Wildman–Crippen MR) is 166 cm³/mol. The molecule has 2 aromatic carbocycles. The molecular weight excluding hydrogens is 574 g/mol. The Morgan fingerprint density at radius 3 is 2.57 bits per heavy atom. The largest absolute Gasteiger partial charge is 0.488 e. The predicted octanol–water partition coefficient (Wildman–Crippen LogP) is 6.55. The molecule has 0 radical (unpaired) electrons. The molecule has 11 heteroatoms. The number of aryl methyl sites for hydroxylation is 1. The number of halogens is 1. The number of carbonyl (C=O) groups excluding carboxylic acids is 1. The minimum atomic E-state index is -3.54.